The van der Waals surface area contributed by atoms with Gasteiger partial charge < -0.3 is 5.32 Å². The molecule has 0 radical (unpaired) electrons. The Morgan fingerprint density at radius 1 is 0.929 bits per heavy atom. The zero-order valence-electron chi connectivity index (χ0n) is 17.3. The fourth-order valence-electron chi connectivity index (χ4n) is 3.13. The van der Waals surface area contributed by atoms with Crippen LogP contribution in [-0.2, 0) is 4.79 Å². The average molecular weight is 381 g/mol. The first kappa shape index (κ1) is 21.8. The van der Waals surface area contributed by atoms with Gasteiger partial charge in [0.1, 0.15) is 0 Å². The van der Waals surface area contributed by atoms with Crippen LogP contribution in [0.5, 0.6) is 0 Å². The first-order valence-corrected chi connectivity index (χ1v) is 10.3. The Hall–Kier alpha value is -2.46. The molecule has 2 aromatic rings. The van der Waals surface area contributed by atoms with Crippen LogP contribution in [0.4, 0.5) is 5.69 Å². The van der Waals surface area contributed by atoms with Gasteiger partial charge in [0.05, 0.1) is 12.2 Å². The van der Waals surface area contributed by atoms with Crippen LogP contribution in [0.1, 0.15) is 61.0 Å². The molecular weight excluding hydrogens is 348 g/mol. The molecule has 28 heavy (non-hydrogen) atoms. The average Bonchev–Trinajstić information content (AvgIpc) is 2.71. The van der Waals surface area contributed by atoms with Crippen molar-refractivity contribution in [1.29, 1.82) is 0 Å². The second kappa shape index (κ2) is 11.4. The summed E-state index contributed by atoms with van der Waals surface area (Å²) in [6.45, 7) is 8.47. The second-order valence-corrected chi connectivity index (χ2v) is 7.28. The van der Waals surface area contributed by atoms with E-state index in [2.05, 4.69) is 24.1 Å². The van der Waals surface area contributed by atoms with Crippen molar-refractivity contribution in [2.24, 2.45) is 0 Å². The quantitative estimate of drug-likeness (QED) is 0.554. The van der Waals surface area contributed by atoms with E-state index < -0.39 is 0 Å². The highest BCUT2D eigenvalue weighted by Crippen LogP contribution is 2.21. The molecule has 1 N–H and O–H groups in total. The zero-order valence-corrected chi connectivity index (χ0v) is 17.3. The van der Waals surface area contributed by atoms with Gasteiger partial charge in [0.25, 0.3) is 0 Å². The van der Waals surface area contributed by atoms with Gasteiger partial charge in [-0.2, -0.15) is 0 Å². The number of carbonyl (C=O) groups is 2. The standard InChI is InChI=1S/C24H32N2O2/c1-4-6-15-26(16-7-5-2)18-23(27)25-22-14-13-19(3)17-21(22)24(28)20-11-9-8-10-12-20/h8-14,17H,4-7,15-16,18H2,1-3H3,(H,25,27). The van der Waals surface area contributed by atoms with Crippen molar-refractivity contribution in [3.05, 3.63) is 65.2 Å². The van der Waals surface area contributed by atoms with Crippen molar-refractivity contribution in [2.45, 2.75) is 46.5 Å². The highest BCUT2D eigenvalue weighted by atomic mass is 16.2. The molecule has 0 aliphatic heterocycles. The molecule has 4 nitrogen and oxygen atoms in total. The predicted octanol–water partition coefficient (Wildman–Crippen LogP) is 5.07. The molecule has 0 atom stereocenters. The number of anilines is 1. The number of amides is 1. The number of nitrogens with one attached hydrogen (secondary N) is 1. The van der Waals surface area contributed by atoms with Crippen LogP contribution in [0.3, 0.4) is 0 Å². The Bertz CT molecular complexity index is 763. The number of aryl methyl sites for hydroxylation is 1. The molecule has 1 amide bonds. The molecule has 4 heteroatoms. The van der Waals surface area contributed by atoms with E-state index >= 15 is 0 Å². The lowest BCUT2D eigenvalue weighted by Crippen LogP contribution is -2.35. The van der Waals surface area contributed by atoms with Crippen molar-refractivity contribution in [3.63, 3.8) is 0 Å². The summed E-state index contributed by atoms with van der Waals surface area (Å²) >= 11 is 0. The molecule has 0 aromatic heterocycles. The summed E-state index contributed by atoms with van der Waals surface area (Å²) in [5.74, 6) is -0.147. The molecule has 0 saturated heterocycles. The van der Waals surface area contributed by atoms with Gasteiger partial charge in [0.2, 0.25) is 5.91 Å². The Kier molecular flexibility index (Phi) is 8.89. The van der Waals surface area contributed by atoms with Crippen molar-refractivity contribution in [2.75, 3.05) is 25.0 Å². The lowest BCUT2D eigenvalue weighted by Gasteiger charge is -2.21. The topological polar surface area (TPSA) is 49.4 Å². The van der Waals surface area contributed by atoms with E-state index in [4.69, 9.17) is 0 Å². The third kappa shape index (κ3) is 6.61. The first-order chi connectivity index (χ1) is 13.5. The minimum Gasteiger partial charge on any atom is -0.324 e. The Balaban J connectivity index is 2.14. The van der Waals surface area contributed by atoms with Gasteiger partial charge in [-0.25, -0.2) is 0 Å². The molecule has 0 unspecified atom stereocenters. The molecule has 2 rings (SSSR count). The van der Waals surface area contributed by atoms with E-state index in [1.54, 1.807) is 12.1 Å². The van der Waals surface area contributed by atoms with E-state index in [0.717, 1.165) is 44.3 Å². The van der Waals surface area contributed by atoms with Gasteiger partial charge in [0.15, 0.2) is 5.78 Å². The summed E-state index contributed by atoms with van der Waals surface area (Å²) in [7, 11) is 0. The number of unbranched alkanes of at least 4 members (excludes halogenated alkanes) is 2. The van der Waals surface area contributed by atoms with Gasteiger partial charge in [-0.15, -0.1) is 0 Å². The summed E-state index contributed by atoms with van der Waals surface area (Å²) in [5.41, 5.74) is 2.73. The molecule has 0 heterocycles. The van der Waals surface area contributed by atoms with Crippen LogP contribution >= 0.6 is 0 Å². The highest BCUT2D eigenvalue weighted by Gasteiger charge is 2.17. The smallest absolute Gasteiger partial charge is 0.238 e. The largest absolute Gasteiger partial charge is 0.324 e. The van der Waals surface area contributed by atoms with Gasteiger partial charge in [0, 0.05) is 11.1 Å². The summed E-state index contributed by atoms with van der Waals surface area (Å²) in [6.07, 6.45) is 4.38. The molecule has 0 aliphatic carbocycles. The number of hydrogen-bond acceptors (Lipinski definition) is 3. The fourth-order valence-corrected chi connectivity index (χ4v) is 3.13. The number of benzene rings is 2. The molecule has 150 valence electrons. The Morgan fingerprint density at radius 2 is 1.57 bits per heavy atom. The summed E-state index contributed by atoms with van der Waals surface area (Å²) in [6, 6.07) is 14.8. The van der Waals surface area contributed by atoms with E-state index in [9.17, 15) is 9.59 Å². The lowest BCUT2D eigenvalue weighted by atomic mass is 9.99. The van der Waals surface area contributed by atoms with Gasteiger partial charge >= 0.3 is 0 Å². The number of ketones is 1. The van der Waals surface area contributed by atoms with Gasteiger partial charge in [-0.05, 0) is 45.0 Å². The van der Waals surface area contributed by atoms with Crippen molar-refractivity contribution < 1.29 is 9.59 Å². The van der Waals surface area contributed by atoms with Crippen LogP contribution < -0.4 is 5.32 Å². The molecular formula is C24H32N2O2. The fraction of sp³-hybridized carbons (Fsp3) is 0.417. The molecule has 0 fully saturated rings. The first-order valence-electron chi connectivity index (χ1n) is 10.3. The Labute approximate surface area is 169 Å². The van der Waals surface area contributed by atoms with Gasteiger partial charge in [-0.1, -0.05) is 68.7 Å². The molecule has 0 bridgehead atoms. The van der Waals surface area contributed by atoms with Crippen molar-refractivity contribution in [3.8, 4) is 0 Å². The van der Waals surface area contributed by atoms with E-state index in [1.165, 1.54) is 0 Å². The van der Waals surface area contributed by atoms with E-state index in [1.807, 2.05) is 43.3 Å². The van der Waals surface area contributed by atoms with E-state index in [0.29, 0.717) is 23.4 Å². The number of carbonyl (C=O) groups excluding carboxylic acids is 2. The zero-order chi connectivity index (χ0) is 20.4. The third-order valence-corrected chi connectivity index (χ3v) is 4.75. The maximum atomic E-state index is 12.9. The molecule has 0 saturated carbocycles. The lowest BCUT2D eigenvalue weighted by molar-refractivity contribution is -0.117. The molecule has 0 spiro atoms. The maximum absolute atomic E-state index is 12.9. The van der Waals surface area contributed by atoms with Crippen LogP contribution in [-0.4, -0.2) is 36.2 Å². The van der Waals surface area contributed by atoms with Crippen LogP contribution in [0.25, 0.3) is 0 Å². The number of rotatable bonds is 11. The van der Waals surface area contributed by atoms with Crippen molar-refractivity contribution in [1.82, 2.24) is 4.90 Å². The number of hydrogen-bond donors (Lipinski definition) is 1. The summed E-state index contributed by atoms with van der Waals surface area (Å²) < 4.78 is 0. The van der Waals surface area contributed by atoms with E-state index in [-0.39, 0.29) is 11.7 Å². The second-order valence-electron chi connectivity index (χ2n) is 7.28. The monoisotopic (exact) mass is 380 g/mol. The highest BCUT2D eigenvalue weighted by molar-refractivity contribution is 6.14. The van der Waals surface area contributed by atoms with Crippen LogP contribution in [0.2, 0.25) is 0 Å². The van der Waals surface area contributed by atoms with Crippen molar-refractivity contribution >= 4 is 17.4 Å². The summed E-state index contributed by atoms with van der Waals surface area (Å²) in [5, 5.41) is 2.97. The minimum absolute atomic E-state index is 0.0711. The summed E-state index contributed by atoms with van der Waals surface area (Å²) in [4.78, 5) is 27.8. The minimum atomic E-state index is -0.0755. The third-order valence-electron chi connectivity index (χ3n) is 4.75. The van der Waals surface area contributed by atoms with Crippen LogP contribution in [0.15, 0.2) is 48.5 Å². The molecule has 0 aliphatic rings. The van der Waals surface area contributed by atoms with Crippen LogP contribution in [0, 0.1) is 6.92 Å². The van der Waals surface area contributed by atoms with Gasteiger partial charge in [-0.3, -0.25) is 14.5 Å². The Morgan fingerprint density at radius 3 is 2.18 bits per heavy atom. The predicted molar refractivity (Wildman–Crippen MR) is 116 cm³/mol. The SMILES string of the molecule is CCCCN(CCCC)CC(=O)Nc1ccc(C)cc1C(=O)c1ccccc1. The normalized spacial score (nSPS) is 10.9. The molecule has 2 aromatic carbocycles. The maximum Gasteiger partial charge on any atom is 0.238 e. The number of nitrogens with zero attached hydrogens (tertiary/aromatic N) is 1.